The Morgan fingerprint density at radius 2 is 1.48 bits per heavy atom. The van der Waals surface area contributed by atoms with Gasteiger partial charge in [0.1, 0.15) is 11.3 Å². The van der Waals surface area contributed by atoms with Crippen LogP contribution in [0.5, 0.6) is 0 Å². The quantitative estimate of drug-likeness (QED) is 0.549. The third kappa shape index (κ3) is 2.87. The molecule has 1 aliphatic carbocycles. The molecule has 1 saturated carbocycles. The third-order valence-electron chi connectivity index (χ3n) is 5.46. The second kappa shape index (κ2) is 6.54. The number of pyridine rings is 2. The topological polar surface area (TPSA) is 54.9 Å². The highest BCUT2D eigenvalue weighted by molar-refractivity contribution is 5.79. The maximum Gasteiger partial charge on any atom is 0.226 e. The van der Waals surface area contributed by atoms with E-state index in [1.165, 1.54) is 0 Å². The fraction of sp³-hybridized carbons (Fsp3) is 0.286. The monoisotopic (exact) mass is 359 g/mol. The van der Waals surface area contributed by atoms with Crippen LogP contribution in [0.25, 0.3) is 11.3 Å². The lowest BCUT2D eigenvalue weighted by Crippen LogP contribution is -2.38. The highest BCUT2D eigenvalue weighted by Crippen LogP contribution is 2.29. The maximum absolute atomic E-state index is 13.1. The minimum absolute atomic E-state index is 0.156. The second-order valence-corrected chi connectivity index (χ2v) is 7.18. The van der Waals surface area contributed by atoms with E-state index in [2.05, 4.69) is 18.8 Å². The van der Waals surface area contributed by atoms with Gasteiger partial charge in [0.2, 0.25) is 5.91 Å². The van der Waals surface area contributed by atoms with Crippen LogP contribution in [0.2, 0.25) is 0 Å². The highest BCUT2D eigenvalue weighted by atomic mass is 16.2. The molecular weight excluding hydrogens is 338 g/mol. The van der Waals surface area contributed by atoms with E-state index in [4.69, 9.17) is 0 Å². The van der Waals surface area contributed by atoms with Crippen LogP contribution in [0.3, 0.4) is 0 Å². The fourth-order valence-corrected chi connectivity index (χ4v) is 3.72. The predicted octanol–water partition coefficient (Wildman–Crippen LogP) is 3.31. The van der Waals surface area contributed by atoms with Gasteiger partial charge in [-0.1, -0.05) is 18.6 Å². The van der Waals surface area contributed by atoms with Crippen LogP contribution < -0.4 is 0 Å². The first-order chi connectivity index (χ1) is 13.3. The van der Waals surface area contributed by atoms with Gasteiger partial charge in [0.25, 0.3) is 0 Å². The van der Waals surface area contributed by atoms with Gasteiger partial charge in [0.15, 0.2) is 0 Å². The smallest absolute Gasteiger partial charge is 0.226 e. The molecule has 136 valence electrons. The number of amides is 1. The number of aromatic nitrogens is 4. The van der Waals surface area contributed by atoms with Gasteiger partial charge < -0.3 is 13.7 Å². The molecule has 0 aromatic carbocycles. The van der Waals surface area contributed by atoms with Crippen molar-refractivity contribution in [1.29, 1.82) is 0 Å². The number of rotatable bonds is 5. The lowest BCUT2D eigenvalue weighted by molar-refractivity contribution is -0.139. The summed E-state index contributed by atoms with van der Waals surface area (Å²) < 4.78 is 4.10. The lowest BCUT2D eigenvalue weighted by Gasteiger charge is -2.31. The van der Waals surface area contributed by atoms with Gasteiger partial charge in [0.05, 0.1) is 36.9 Å². The number of carbonyl (C=O) groups is 1. The van der Waals surface area contributed by atoms with E-state index in [1.54, 1.807) is 0 Å². The first-order valence-corrected chi connectivity index (χ1v) is 9.40. The second-order valence-electron chi connectivity index (χ2n) is 7.18. The molecule has 4 heterocycles. The van der Waals surface area contributed by atoms with E-state index in [0.29, 0.717) is 13.1 Å². The van der Waals surface area contributed by atoms with Crippen LogP contribution in [0.1, 0.15) is 30.7 Å². The number of hydrogen-bond acceptors (Lipinski definition) is 3. The van der Waals surface area contributed by atoms with E-state index in [1.807, 2.05) is 66.1 Å². The molecule has 1 amide bonds. The summed E-state index contributed by atoms with van der Waals surface area (Å²) in [7, 11) is 0. The normalized spacial score (nSPS) is 14.5. The highest BCUT2D eigenvalue weighted by Gasteiger charge is 2.30. The van der Waals surface area contributed by atoms with Crippen molar-refractivity contribution in [3.63, 3.8) is 0 Å². The molecule has 5 rings (SSSR count). The zero-order valence-electron chi connectivity index (χ0n) is 15.0. The Bertz CT molecular complexity index is 1030. The molecular formula is C21H21N5O. The number of fused-ring (bicyclic) bond motifs is 2. The molecule has 0 spiro atoms. The summed E-state index contributed by atoms with van der Waals surface area (Å²) in [5.41, 5.74) is 3.84. The van der Waals surface area contributed by atoms with Gasteiger partial charge in [-0.25, -0.2) is 9.97 Å². The molecule has 6 heteroatoms. The molecule has 0 unspecified atom stereocenters. The first-order valence-electron chi connectivity index (χ1n) is 9.40. The van der Waals surface area contributed by atoms with Gasteiger partial charge in [-0.2, -0.15) is 0 Å². The summed E-state index contributed by atoms with van der Waals surface area (Å²) >= 11 is 0. The van der Waals surface area contributed by atoms with Crippen LogP contribution in [-0.2, 0) is 17.9 Å². The van der Waals surface area contributed by atoms with E-state index < -0.39 is 0 Å². The molecule has 0 atom stereocenters. The van der Waals surface area contributed by atoms with Gasteiger partial charge in [0, 0.05) is 18.3 Å². The van der Waals surface area contributed by atoms with Crippen molar-refractivity contribution in [1.82, 2.24) is 23.7 Å². The van der Waals surface area contributed by atoms with Crippen LogP contribution in [-0.4, -0.2) is 29.6 Å². The molecule has 1 aliphatic rings. The Morgan fingerprint density at radius 1 is 0.926 bits per heavy atom. The van der Waals surface area contributed by atoms with Gasteiger partial charge >= 0.3 is 0 Å². The zero-order chi connectivity index (χ0) is 18.2. The minimum Gasteiger partial charge on any atom is -0.331 e. The SMILES string of the molecule is O=C(C1CCC1)N(Cc1cnc2ccccn12)Cc1cnc2ccccn12. The van der Waals surface area contributed by atoms with E-state index in [-0.39, 0.29) is 11.8 Å². The lowest BCUT2D eigenvalue weighted by atomic mass is 9.84. The standard InChI is InChI=1S/C21H21N5O/c27-21(16-6-5-7-16)24(14-17-12-22-19-8-1-3-10-25(17)19)15-18-13-23-20-9-2-4-11-26(18)20/h1-4,8-13,16H,5-7,14-15H2. The number of hydrogen-bond donors (Lipinski definition) is 0. The predicted molar refractivity (Wildman–Crippen MR) is 102 cm³/mol. The Hall–Kier alpha value is -3.15. The summed E-state index contributed by atoms with van der Waals surface area (Å²) in [6, 6.07) is 11.9. The van der Waals surface area contributed by atoms with Crippen molar-refractivity contribution < 1.29 is 4.79 Å². The molecule has 0 bridgehead atoms. The van der Waals surface area contributed by atoms with Crippen LogP contribution >= 0.6 is 0 Å². The van der Waals surface area contributed by atoms with Gasteiger partial charge in [-0.05, 0) is 37.1 Å². The molecule has 27 heavy (non-hydrogen) atoms. The Labute approximate surface area is 157 Å². The summed E-state index contributed by atoms with van der Waals surface area (Å²) in [5.74, 6) is 0.390. The van der Waals surface area contributed by atoms with Crippen molar-refractivity contribution in [3.8, 4) is 0 Å². The van der Waals surface area contributed by atoms with Crippen molar-refractivity contribution in [2.24, 2.45) is 5.92 Å². The summed E-state index contributed by atoms with van der Waals surface area (Å²) in [6.07, 6.45) is 10.9. The summed E-state index contributed by atoms with van der Waals surface area (Å²) in [5, 5.41) is 0. The van der Waals surface area contributed by atoms with Crippen molar-refractivity contribution in [3.05, 3.63) is 72.6 Å². The molecule has 0 saturated heterocycles. The van der Waals surface area contributed by atoms with E-state index in [9.17, 15) is 4.79 Å². The Kier molecular flexibility index (Phi) is 3.89. The molecule has 6 nitrogen and oxygen atoms in total. The average molecular weight is 359 g/mol. The van der Waals surface area contributed by atoms with Crippen LogP contribution in [0.4, 0.5) is 0 Å². The fourth-order valence-electron chi connectivity index (χ4n) is 3.72. The van der Waals surface area contributed by atoms with E-state index in [0.717, 1.165) is 41.9 Å². The molecule has 0 N–H and O–H groups in total. The first kappa shape index (κ1) is 16.1. The Balaban J connectivity index is 1.48. The molecule has 4 aromatic rings. The van der Waals surface area contributed by atoms with E-state index >= 15 is 0 Å². The van der Waals surface area contributed by atoms with Crippen LogP contribution in [0.15, 0.2) is 61.2 Å². The van der Waals surface area contributed by atoms with Crippen molar-refractivity contribution in [2.45, 2.75) is 32.4 Å². The molecule has 1 fully saturated rings. The van der Waals surface area contributed by atoms with Gasteiger partial charge in [-0.15, -0.1) is 0 Å². The maximum atomic E-state index is 13.1. The molecule has 4 aromatic heterocycles. The number of carbonyl (C=O) groups excluding carboxylic acids is 1. The number of imidazole rings is 2. The summed E-state index contributed by atoms with van der Waals surface area (Å²) in [4.78, 5) is 24.0. The Morgan fingerprint density at radius 3 is 1.96 bits per heavy atom. The van der Waals surface area contributed by atoms with Crippen molar-refractivity contribution >= 4 is 17.2 Å². The average Bonchev–Trinajstić information content (AvgIpc) is 3.24. The summed E-state index contributed by atoms with van der Waals surface area (Å²) in [6.45, 7) is 1.08. The number of nitrogens with zero attached hydrogens (tertiary/aromatic N) is 5. The molecule has 0 radical (unpaired) electrons. The largest absolute Gasteiger partial charge is 0.331 e. The van der Waals surface area contributed by atoms with Crippen LogP contribution in [0, 0.1) is 5.92 Å². The minimum atomic E-state index is 0.156. The molecule has 0 aliphatic heterocycles. The van der Waals surface area contributed by atoms with Gasteiger partial charge in [-0.3, -0.25) is 4.79 Å². The van der Waals surface area contributed by atoms with Crippen molar-refractivity contribution in [2.75, 3.05) is 0 Å². The third-order valence-corrected chi connectivity index (χ3v) is 5.46. The zero-order valence-corrected chi connectivity index (χ0v) is 15.0.